The van der Waals surface area contributed by atoms with E-state index < -0.39 is 6.98 Å². The second-order valence-corrected chi connectivity index (χ2v) is 5.40. The van der Waals surface area contributed by atoms with Crippen LogP contribution in [0.3, 0.4) is 0 Å². The summed E-state index contributed by atoms with van der Waals surface area (Å²) in [6.45, 7) is -1.66. The molecular weight excluding hydrogens is 262 g/mol. The van der Waals surface area contributed by atoms with Gasteiger partial charge >= 0.3 is 0 Å². The van der Waals surface area contributed by atoms with Gasteiger partial charge in [0.15, 0.2) is 5.52 Å². The third-order valence-electron chi connectivity index (χ3n) is 4.36. The Morgan fingerprint density at radius 1 is 1.19 bits per heavy atom. The molecule has 0 fully saturated rings. The van der Waals surface area contributed by atoms with Crippen molar-refractivity contribution >= 4 is 22.1 Å². The van der Waals surface area contributed by atoms with Crippen LogP contribution in [-0.2, 0) is 20.6 Å². The van der Waals surface area contributed by atoms with E-state index in [2.05, 4.69) is 14.5 Å². The first kappa shape index (κ1) is 8.56. The fourth-order valence-corrected chi connectivity index (χ4v) is 3.47. The van der Waals surface area contributed by atoms with Crippen molar-refractivity contribution in [3.8, 4) is 11.4 Å². The first-order valence-corrected chi connectivity index (χ1v) is 6.79. The van der Waals surface area contributed by atoms with Crippen molar-refractivity contribution in [1.29, 1.82) is 0 Å². The van der Waals surface area contributed by atoms with E-state index >= 15 is 0 Å². The molecule has 1 aliphatic rings. The van der Waals surface area contributed by atoms with E-state index in [0.717, 1.165) is 27.7 Å². The summed E-state index contributed by atoms with van der Waals surface area (Å²) in [5, 5.41) is 0.851. The zero-order valence-corrected chi connectivity index (χ0v) is 11.4. The minimum atomic E-state index is -2.28. The van der Waals surface area contributed by atoms with Crippen molar-refractivity contribution in [1.82, 2.24) is 19.1 Å². The Balaban J connectivity index is 2.05. The molecule has 0 N–H and O–H groups in total. The topological polar surface area (TPSA) is 39.5 Å². The number of rotatable bonds is 0. The van der Waals surface area contributed by atoms with Gasteiger partial charge in [0.05, 0.1) is 35.6 Å². The van der Waals surface area contributed by atoms with E-state index in [9.17, 15) is 0 Å². The van der Waals surface area contributed by atoms with Gasteiger partial charge in [-0.2, -0.15) is 0 Å². The lowest BCUT2D eigenvalue weighted by Crippen LogP contribution is -2.33. The van der Waals surface area contributed by atoms with Crippen molar-refractivity contribution in [3.05, 3.63) is 42.5 Å². The summed E-state index contributed by atoms with van der Waals surface area (Å²) in [7, 11) is 1.96. The molecule has 0 spiro atoms. The zero-order chi connectivity index (χ0) is 16.6. The molecule has 0 unspecified atom stereocenters. The van der Waals surface area contributed by atoms with Crippen LogP contribution in [0.1, 0.15) is 9.68 Å². The molecule has 0 saturated heterocycles. The van der Waals surface area contributed by atoms with Crippen LogP contribution < -0.4 is 4.57 Å². The van der Waals surface area contributed by atoms with Gasteiger partial charge in [-0.25, -0.2) is 4.57 Å². The summed E-state index contributed by atoms with van der Waals surface area (Å²) in [4.78, 5) is 8.37. The number of hydrogen-bond donors (Lipinski definition) is 0. The fraction of sp³-hybridized carbons (Fsp3) is 0.188. The van der Waals surface area contributed by atoms with E-state index in [1.807, 2.05) is 29.9 Å². The maximum atomic E-state index is 8.10. The monoisotopic (exact) mass is 279 g/mol. The largest absolute Gasteiger partial charge is 0.269 e. The fourth-order valence-electron chi connectivity index (χ4n) is 3.47. The average molecular weight is 279 g/mol. The van der Waals surface area contributed by atoms with E-state index in [1.54, 1.807) is 18.6 Å². The number of aromatic nitrogens is 5. The minimum absolute atomic E-state index is 0.621. The molecule has 0 amide bonds. The Hall–Kier alpha value is -2.69. The van der Waals surface area contributed by atoms with Gasteiger partial charge in [-0.15, -0.1) is 0 Å². The zero-order valence-electron chi connectivity index (χ0n) is 14.4. The molecule has 0 radical (unpaired) electrons. The van der Waals surface area contributed by atoms with Crippen LogP contribution in [0.15, 0.2) is 36.9 Å². The molecule has 1 aliphatic heterocycles. The van der Waals surface area contributed by atoms with Crippen molar-refractivity contribution in [3.63, 3.8) is 0 Å². The summed E-state index contributed by atoms with van der Waals surface area (Å²) in [5.41, 5.74) is 4.53. The molecule has 102 valence electrons. The SMILES string of the molecule is [2H]C([2H])([2H])n1c2[n+](c3c1c1cnccc1n3C)Cc1cnccc1-2. The predicted molar refractivity (Wildman–Crippen MR) is 79.7 cm³/mol. The Morgan fingerprint density at radius 3 is 2.95 bits per heavy atom. The Kier molecular flexibility index (Phi) is 1.42. The molecule has 5 heterocycles. The van der Waals surface area contributed by atoms with Gasteiger partial charge in [0.1, 0.15) is 5.52 Å². The number of nitrogens with zero attached hydrogens (tertiary/aromatic N) is 5. The van der Waals surface area contributed by atoms with Gasteiger partial charge < -0.3 is 0 Å². The number of fused-ring (bicyclic) bond motifs is 7. The molecule has 21 heavy (non-hydrogen) atoms. The second kappa shape index (κ2) is 3.49. The van der Waals surface area contributed by atoms with E-state index in [-0.39, 0.29) is 0 Å². The molecule has 0 bridgehead atoms. The van der Waals surface area contributed by atoms with Crippen molar-refractivity contribution < 1.29 is 8.68 Å². The lowest BCUT2D eigenvalue weighted by molar-refractivity contribution is -0.648. The maximum absolute atomic E-state index is 8.10. The number of hydrogen-bond acceptors (Lipinski definition) is 2. The van der Waals surface area contributed by atoms with Crippen molar-refractivity contribution in [2.24, 2.45) is 14.0 Å². The van der Waals surface area contributed by atoms with Crippen LogP contribution in [0.25, 0.3) is 33.5 Å². The first-order valence-electron chi connectivity index (χ1n) is 8.29. The average Bonchev–Trinajstić information content (AvgIpc) is 3.15. The highest BCUT2D eigenvalue weighted by Crippen LogP contribution is 2.34. The molecule has 0 atom stereocenters. The Morgan fingerprint density at radius 2 is 2.05 bits per heavy atom. The molecule has 0 saturated carbocycles. The Bertz CT molecular complexity index is 1140. The van der Waals surface area contributed by atoms with Crippen LogP contribution in [0.5, 0.6) is 0 Å². The summed E-state index contributed by atoms with van der Waals surface area (Å²) in [6.07, 6.45) is 6.98. The second-order valence-electron chi connectivity index (χ2n) is 5.40. The third-order valence-corrected chi connectivity index (χ3v) is 4.36. The Labute approximate surface area is 125 Å². The molecular formula is C16H14N5+. The van der Waals surface area contributed by atoms with Crippen LogP contribution >= 0.6 is 0 Å². The molecule has 5 heteroatoms. The van der Waals surface area contributed by atoms with Crippen LogP contribution in [0, 0.1) is 0 Å². The predicted octanol–water partition coefficient (Wildman–Crippen LogP) is 1.78. The summed E-state index contributed by atoms with van der Waals surface area (Å²) in [5.74, 6) is 0.707. The smallest absolute Gasteiger partial charge is 0.264 e. The lowest BCUT2D eigenvalue weighted by Gasteiger charge is -1.97. The van der Waals surface area contributed by atoms with Gasteiger partial charge in [-0.3, -0.25) is 19.1 Å². The van der Waals surface area contributed by atoms with Crippen molar-refractivity contribution in [2.75, 3.05) is 0 Å². The highest BCUT2D eigenvalue weighted by Gasteiger charge is 2.34. The lowest BCUT2D eigenvalue weighted by atomic mass is 10.2. The van der Waals surface area contributed by atoms with Gasteiger partial charge in [0.2, 0.25) is 5.82 Å². The van der Waals surface area contributed by atoms with Crippen LogP contribution in [0.2, 0.25) is 0 Å². The van der Waals surface area contributed by atoms with Gasteiger partial charge in [-0.1, -0.05) is 0 Å². The summed E-state index contributed by atoms with van der Waals surface area (Å²) < 4.78 is 29.9. The summed E-state index contributed by atoms with van der Waals surface area (Å²) in [6, 6.07) is 3.80. The highest BCUT2D eigenvalue weighted by molar-refractivity contribution is 6.04. The molecule has 5 nitrogen and oxygen atoms in total. The molecule has 4 aromatic heterocycles. The highest BCUT2D eigenvalue weighted by atomic mass is 15.2. The van der Waals surface area contributed by atoms with Crippen molar-refractivity contribution in [2.45, 2.75) is 6.54 Å². The molecule has 4 aromatic rings. The first-order chi connectivity index (χ1) is 11.5. The van der Waals surface area contributed by atoms with Crippen LogP contribution in [0.4, 0.5) is 0 Å². The van der Waals surface area contributed by atoms with Crippen LogP contribution in [-0.4, -0.2) is 19.1 Å². The molecule has 0 aromatic carbocycles. The van der Waals surface area contributed by atoms with E-state index in [1.165, 1.54) is 4.57 Å². The number of pyridine rings is 2. The molecule has 5 rings (SSSR count). The number of imidazole rings is 1. The minimum Gasteiger partial charge on any atom is -0.264 e. The quantitative estimate of drug-likeness (QED) is 0.405. The van der Waals surface area contributed by atoms with Gasteiger partial charge in [-0.05, 0) is 12.1 Å². The van der Waals surface area contributed by atoms with Gasteiger partial charge in [0.25, 0.3) is 5.65 Å². The standard InChI is InChI=1S/C16H14N5/c1-19-13-4-6-18-8-12(13)14-16(19)21-9-10-7-17-5-3-11(10)15(21)20(14)2/h3-8H,9H2,1-2H3/q+1/i2D3. The third kappa shape index (κ3) is 1.15. The maximum Gasteiger partial charge on any atom is 0.269 e. The van der Waals surface area contributed by atoms with Gasteiger partial charge in [0, 0.05) is 30.4 Å². The molecule has 0 aliphatic carbocycles. The summed E-state index contributed by atoms with van der Waals surface area (Å²) >= 11 is 0. The normalized spacial score (nSPS) is 15.8. The van der Waals surface area contributed by atoms with E-state index in [0.29, 0.717) is 17.9 Å². The number of aryl methyl sites for hydroxylation is 2. The van der Waals surface area contributed by atoms with E-state index in [4.69, 9.17) is 4.11 Å².